The SMILES string of the molecule is CCc1nnsc1C(=O)NCc1ccnc(OCc2ccc3c(c2)OCO3)c1. The molecule has 144 valence electrons. The topological polar surface area (TPSA) is 95.5 Å². The number of hydrogen-bond donors (Lipinski definition) is 1. The average Bonchev–Trinajstić information content (AvgIpc) is 3.39. The summed E-state index contributed by atoms with van der Waals surface area (Å²) in [5, 5.41) is 6.84. The Morgan fingerprint density at radius 2 is 2.11 bits per heavy atom. The summed E-state index contributed by atoms with van der Waals surface area (Å²) in [5.41, 5.74) is 2.55. The van der Waals surface area contributed by atoms with E-state index in [0.29, 0.717) is 36.0 Å². The second kappa shape index (κ2) is 8.22. The van der Waals surface area contributed by atoms with E-state index >= 15 is 0 Å². The number of pyridine rings is 1. The molecule has 0 saturated carbocycles. The number of benzene rings is 1. The van der Waals surface area contributed by atoms with Gasteiger partial charge in [0, 0.05) is 18.8 Å². The van der Waals surface area contributed by atoms with Gasteiger partial charge in [0.05, 0.1) is 5.69 Å². The standard InChI is InChI=1S/C19H18N4O4S/c1-2-14-18(28-23-22-14)19(24)21-9-12-5-6-20-17(8-12)25-10-13-3-4-15-16(7-13)27-11-26-15/h3-8H,2,9-11H2,1H3,(H,21,24). The van der Waals surface area contributed by atoms with Crippen LogP contribution in [0.2, 0.25) is 0 Å². The molecule has 2 aromatic heterocycles. The molecule has 0 aliphatic carbocycles. The second-order valence-electron chi connectivity index (χ2n) is 6.06. The molecule has 0 bridgehead atoms. The van der Waals surface area contributed by atoms with Crippen molar-refractivity contribution in [3.05, 3.63) is 58.2 Å². The maximum atomic E-state index is 12.3. The molecule has 0 fully saturated rings. The lowest BCUT2D eigenvalue weighted by molar-refractivity contribution is 0.0953. The highest BCUT2D eigenvalue weighted by molar-refractivity contribution is 7.08. The van der Waals surface area contributed by atoms with Crippen molar-refractivity contribution in [3.8, 4) is 17.4 Å². The zero-order chi connectivity index (χ0) is 19.3. The Morgan fingerprint density at radius 3 is 3.00 bits per heavy atom. The summed E-state index contributed by atoms with van der Waals surface area (Å²) < 4.78 is 20.3. The third-order valence-electron chi connectivity index (χ3n) is 4.17. The van der Waals surface area contributed by atoms with E-state index in [1.165, 1.54) is 0 Å². The van der Waals surface area contributed by atoms with E-state index in [1.54, 1.807) is 12.3 Å². The van der Waals surface area contributed by atoms with E-state index in [2.05, 4.69) is 19.9 Å². The fraction of sp³-hybridized carbons (Fsp3) is 0.263. The summed E-state index contributed by atoms with van der Waals surface area (Å²) in [4.78, 5) is 17.1. The minimum atomic E-state index is -0.175. The maximum Gasteiger partial charge on any atom is 0.265 e. The lowest BCUT2D eigenvalue weighted by Crippen LogP contribution is -2.23. The second-order valence-corrected chi connectivity index (χ2v) is 6.82. The summed E-state index contributed by atoms with van der Waals surface area (Å²) in [6.45, 7) is 2.90. The minimum absolute atomic E-state index is 0.175. The number of nitrogens with zero attached hydrogens (tertiary/aromatic N) is 3. The molecule has 0 saturated heterocycles. The Labute approximate surface area is 165 Å². The molecule has 4 rings (SSSR count). The van der Waals surface area contributed by atoms with Crippen LogP contribution in [-0.2, 0) is 19.6 Å². The van der Waals surface area contributed by atoms with Crippen LogP contribution in [0.15, 0.2) is 36.5 Å². The van der Waals surface area contributed by atoms with Crippen molar-refractivity contribution in [1.29, 1.82) is 0 Å². The minimum Gasteiger partial charge on any atom is -0.473 e. The third kappa shape index (κ3) is 4.04. The van der Waals surface area contributed by atoms with Crippen LogP contribution in [0.3, 0.4) is 0 Å². The van der Waals surface area contributed by atoms with Crippen LogP contribution >= 0.6 is 11.5 Å². The number of nitrogens with one attached hydrogen (secondary N) is 1. The number of aryl methyl sites for hydroxylation is 1. The van der Waals surface area contributed by atoms with Crippen LogP contribution in [0.25, 0.3) is 0 Å². The molecule has 0 atom stereocenters. The molecule has 1 N–H and O–H groups in total. The van der Waals surface area contributed by atoms with Crippen LogP contribution in [0.4, 0.5) is 0 Å². The van der Waals surface area contributed by atoms with Gasteiger partial charge < -0.3 is 19.5 Å². The Balaban J connectivity index is 1.34. The van der Waals surface area contributed by atoms with E-state index in [4.69, 9.17) is 14.2 Å². The summed E-state index contributed by atoms with van der Waals surface area (Å²) in [7, 11) is 0. The highest BCUT2D eigenvalue weighted by atomic mass is 32.1. The van der Waals surface area contributed by atoms with Gasteiger partial charge in [0.2, 0.25) is 12.7 Å². The number of hydrogen-bond acceptors (Lipinski definition) is 8. The van der Waals surface area contributed by atoms with Crippen molar-refractivity contribution in [2.75, 3.05) is 6.79 Å². The van der Waals surface area contributed by atoms with Crippen molar-refractivity contribution in [3.63, 3.8) is 0 Å². The van der Waals surface area contributed by atoms with Crippen LogP contribution in [0, 0.1) is 0 Å². The fourth-order valence-corrected chi connectivity index (χ4v) is 3.37. The average molecular weight is 398 g/mol. The van der Waals surface area contributed by atoms with Gasteiger partial charge in [-0.25, -0.2) is 4.98 Å². The molecule has 0 spiro atoms. The van der Waals surface area contributed by atoms with Crippen molar-refractivity contribution >= 4 is 17.4 Å². The number of carbonyl (C=O) groups is 1. The molecule has 9 heteroatoms. The number of carbonyl (C=O) groups excluding carboxylic acids is 1. The van der Waals surface area contributed by atoms with Crippen LogP contribution in [0.1, 0.15) is 33.4 Å². The molecular weight excluding hydrogens is 380 g/mol. The van der Waals surface area contributed by atoms with E-state index in [9.17, 15) is 4.79 Å². The molecule has 1 aromatic carbocycles. The fourth-order valence-electron chi connectivity index (χ4n) is 2.70. The summed E-state index contributed by atoms with van der Waals surface area (Å²) >= 11 is 1.11. The summed E-state index contributed by atoms with van der Waals surface area (Å²) in [6.07, 6.45) is 2.33. The van der Waals surface area contributed by atoms with Crippen molar-refractivity contribution in [2.24, 2.45) is 0 Å². The summed E-state index contributed by atoms with van der Waals surface area (Å²) in [5.74, 6) is 1.76. The molecule has 0 unspecified atom stereocenters. The van der Waals surface area contributed by atoms with Crippen LogP contribution < -0.4 is 19.5 Å². The maximum absolute atomic E-state index is 12.3. The zero-order valence-corrected chi connectivity index (χ0v) is 16.0. The van der Waals surface area contributed by atoms with Gasteiger partial charge in [0.15, 0.2) is 11.5 Å². The summed E-state index contributed by atoms with van der Waals surface area (Å²) in [6, 6.07) is 9.31. The Kier molecular flexibility index (Phi) is 5.34. The van der Waals surface area contributed by atoms with Gasteiger partial charge in [-0.3, -0.25) is 4.79 Å². The van der Waals surface area contributed by atoms with Crippen LogP contribution in [0.5, 0.6) is 17.4 Å². The molecule has 3 heterocycles. The van der Waals surface area contributed by atoms with Gasteiger partial charge in [-0.05, 0) is 47.3 Å². The number of ether oxygens (including phenoxy) is 3. The largest absolute Gasteiger partial charge is 0.473 e. The first-order valence-electron chi connectivity index (χ1n) is 8.78. The number of amides is 1. The van der Waals surface area contributed by atoms with Gasteiger partial charge in [0.25, 0.3) is 5.91 Å². The van der Waals surface area contributed by atoms with Gasteiger partial charge in [-0.15, -0.1) is 5.10 Å². The van der Waals surface area contributed by atoms with Gasteiger partial charge >= 0.3 is 0 Å². The predicted octanol–water partition coefficient (Wildman–Crippen LogP) is 2.73. The Morgan fingerprint density at radius 1 is 1.21 bits per heavy atom. The first kappa shape index (κ1) is 18.2. The molecule has 1 amide bonds. The lowest BCUT2D eigenvalue weighted by atomic mass is 10.2. The van der Waals surface area contributed by atoms with Gasteiger partial charge in [-0.1, -0.05) is 17.5 Å². The highest BCUT2D eigenvalue weighted by Gasteiger charge is 2.15. The molecule has 1 aliphatic rings. The number of rotatable bonds is 7. The van der Waals surface area contributed by atoms with E-state index in [0.717, 1.165) is 34.2 Å². The normalized spacial score (nSPS) is 12.0. The lowest BCUT2D eigenvalue weighted by Gasteiger charge is -2.08. The van der Waals surface area contributed by atoms with Crippen molar-refractivity contribution in [1.82, 2.24) is 19.9 Å². The molecule has 8 nitrogen and oxygen atoms in total. The van der Waals surface area contributed by atoms with Crippen molar-refractivity contribution in [2.45, 2.75) is 26.5 Å². The van der Waals surface area contributed by atoms with E-state index in [1.807, 2.05) is 31.2 Å². The quantitative estimate of drug-likeness (QED) is 0.654. The first-order chi connectivity index (χ1) is 13.7. The molecular formula is C19H18N4O4S. The number of aromatic nitrogens is 3. The van der Waals surface area contributed by atoms with E-state index < -0.39 is 0 Å². The third-order valence-corrected chi connectivity index (χ3v) is 4.94. The van der Waals surface area contributed by atoms with Gasteiger partial charge in [-0.2, -0.15) is 0 Å². The molecule has 3 aromatic rings. The number of fused-ring (bicyclic) bond motifs is 1. The Hall–Kier alpha value is -3.20. The molecule has 28 heavy (non-hydrogen) atoms. The smallest absolute Gasteiger partial charge is 0.265 e. The highest BCUT2D eigenvalue weighted by Crippen LogP contribution is 2.32. The zero-order valence-electron chi connectivity index (χ0n) is 15.2. The van der Waals surface area contributed by atoms with Crippen LogP contribution in [-0.4, -0.2) is 27.3 Å². The Bertz CT molecular complexity index is 992. The van der Waals surface area contributed by atoms with Crippen molar-refractivity contribution < 1.29 is 19.0 Å². The first-order valence-corrected chi connectivity index (χ1v) is 9.56. The van der Waals surface area contributed by atoms with Gasteiger partial charge in [0.1, 0.15) is 11.5 Å². The monoisotopic (exact) mass is 398 g/mol. The van der Waals surface area contributed by atoms with E-state index in [-0.39, 0.29) is 12.7 Å². The molecule has 1 aliphatic heterocycles. The predicted molar refractivity (Wildman–Crippen MR) is 102 cm³/mol. The molecule has 0 radical (unpaired) electrons.